The molecule has 0 saturated carbocycles. The van der Waals surface area contributed by atoms with Gasteiger partial charge < -0.3 is 5.32 Å². The van der Waals surface area contributed by atoms with Crippen molar-refractivity contribution in [2.24, 2.45) is 10.2 Å². The fourth-order valence-corrected chi connectivity index (χ4v) is 2.42. The summed E-state index contributed by atoms with van der Waals surface area (Å²) in [5.41, 5.74) is 2.45. The quantitative estimate of drug-likeness (QED) is 0.715. The number of rotatable bonds is 4. The molecule has 126 valence electrons. The van der Waals surface area contributed by atoms with Crippen molar-refractivity contribution in [2.75, 3.05) is 12.4 Å². The summed E-state index contributed by atoms with van der Waals surface area (Å²) < 4.78 is 1.37. The molecule has 0 aliphatic rings. The van der Waals surface area contributed by atoms with Gasteiger partial charge in [-0.2, -0.15) is 5.11 Å². The number of azo groups is 1. The van der Waals surface area contributed by atoms with Crippen LogP contribution >= 0.6 is 0 Å². The van der Waals surface area contributed by atoms with Gasteiger partial charge in [0.2, 0.25) is 0 Å². The van der Waals surface area contributed by atoms with Crippen molar-refractivity contribution in [1.82, 2.24) is 9.78 Å². The van der Waals surface area contributed by atoms with Gasteiger partial charge in [-0.3, -0.25) is 14.7 Å². The standard InChI is InChI=1S/C18H17N5O2/c1-12-16(21-19-2)18(25)23(22-12)15-10-8-13(9-11-15)17(24)20-14-6-4-3-5-7-14/h3-11,22H,1-2H3,(H,20,24). The van der Waals surface area contributed by atoms with E-state index in [1.54, 1.807) is 31.2 Å². The van der Waals surface area contributed by atoms with Gasteiger partial charge in [0.05, 0.1) is 11.4 Å². The Kier molecular flexibility index (Phi) is 4.56. The summed E-state index contributed by atoms with van der Waals surface area (Å²) in [5.74, 6) is -0.215. The average Bonchev–Trinajstić information content (AvgIpc) is 2.91. The molecule has 25 heavy (non-hydrogen) atoms. The molecule has 0 radical (unpaired) electrons. The Labute approximate surface area is 144 Å². The maximum Gasteiger partial charge on any atom is 0.299 e. The van der Waals surface area contributed by atoms with E-state index in [0.717, 1.165) is 5.69 Å². The van der Waals surface area contributed by atoms with Crippen LogP contribution in [0.1, 0.15) is 16.1 Å². The van der Waals surface area contributed by atoms with Gasteiger partial charge >= 0.3 is 0 Å². The van der Waals surface area contributed by atoms with E-state index in [4.69, 9.17) is 0 Å². The summed E-state index contributed by atoms with van der Waals surface area (Å²) in [6, 6.07) is 15.9. The van der Waals surface area contributed by atoms with E-state index in [1.165, 1.54) is 11.7 Å². The molecule has 3 rings (SSSR count). The largest absolute Gasteiger partial charge is 0.322 e. The second-order valence-corrected chi connectivity index (χ2v) is 5.39. The number of hydrogen-bond acceptors (Lipinski definition) is 4. The molecule has 7 nitrogen and oxygen atoms in total. The average molecular weight is 335 g/mol. The molecular weight excluding hydrogens is 318 g/mol. The maximum atomic E-state index is 12.3. The topological polar surface area (TPSA) is 91.6 Å². The molecule has 0 spiro atoms. The smallest absolute Gasteiger partial charge is 0.299 e. The number of hydrogen-bond donors (Lipinski definition) is 2. The summed E-state index contributed by atoms with van der Waals surface area (Å²) in [5, 5.41) is 13.3. The third kappa shape index (κ3) is 3.40. The van der Waals surface area contributed by atoms with E-state index < -0.39 is 0 Å². The molecule has 0 aliphatic carbocycles. The van der Waals surface area contributed by atoms with Gasteiger partial charge in [0.25, 0.3) is 11.5 Å². The van der Waals surface area contributed by atoms with Gasteiger partial charge in [0.15, 0.2) is 5.69 Å². The number of aryl methyl sites for hydroxylation is 1. The minimum atomic E-state index is -0.287. The molecule has 0 bridgehead atoms. The van der Waals surface area contributed by atoms with E-state index >= 15 is 0 Å². The van der Waals surface area contributed by atoms with Crippen LogP contribution in [0, 0.1) is 6.92 Å². The molecular formula is C18H17N5O2. The SMILES string of the molecule is CN=Nc1c(C)[nH]n(-c2ccc(C(=O)Nc3ccccc3)cc2)c1=O. The van der Waals surface area contributed by atoms with Gasteiger partial charge in [-0.25, -0.2) is 4.68 Å². The molecule has 1 aromatic heterocycles. The molecule has 3 aromatic rings. The highest BCUT2D eigenvalue weighted by molar-refractivity contribution is 6.04. The Balaban J connectivity index is 1.84. The highest BCUT2D eigenvalue weighted by Gasteiger charge is 2.12. The predicted octanol–water partition coefficient (Wildman–Crippen LogP) is 3.44. The number of para-hydroxylation sites is 1. The Morgan fingerprint density at radius 3 is 2.40 bits per heavy atom. The van der Waals surface area contributed by atoms with Crippen molar-refractivity contribution in [3.05, 3.63) is 76.2 Å². The van der Waals surface area contributed by atoms with Crippen LogP contribution < -0.4 is 10.9 Å². The number of nitrogens with zero attached hydrogens (tertiary/aromatic N) is 3. The fraction of sp³-hybridized carbons (Fsp3) is 0.111. The van der Waals surface area contributed by atoms with Crippen molar-refractivity contribution in [1.29, 1.82) is 0 Å². The zero-order chi connectivity index (χ0) is 17.8. The number of H-pyrrole nitrogens is 1. The molecule has 7 heteroatoms. The second-order valence-electron chi connectivity index (χ2n) is 5.39. The first-order valence-corrected chi connectivity index (χ1v) is 7.68. The lowest BCUT2D eigenvalue weighted by Gasteiger charge is -2.06. The van der Waals surface area contributed by atoms with Crippen molar-refractivity contribution in [2.45, 2.75) is 6.92 Å². The maximum absolute atomic E-state index is 12.3. The summed E-state index contributed by atoms with van der Waals surface area (Å²) in [6.45, 7) is 1.75. The summed E-state index contributed by atoms with van der Waals surface area (Å²) in [4.78, 5) is 24.6. The molecule has 1 heterocycles. The number of nitrogens with one attached hydrogen (secondary N) is 2. The minimum absolute atomic E-state index is 0.215. The van der Waals surface area contributed by atoms with E-state index in [2.05, 4.69) is 20.6 Å². The van der Waals surface area contributed by atoms with E-state index in [0.29, 0.717) is 16.9 Å². The van der Waals surface area contributed by atoms with Crippen molar-refractivity contribution < 1.29 is 4.79 Å². The number of aromatic amines is 1. The van der Waals surface area contributed by atoms with Gasteiger partial charge in [-0.1, -0.05) is 18.2 Å². The Morgan fingerprint density at radius 1 is 1.08 bits per heavy atom. The lowest BCUT2D eigenvalue weighted by Crippen LogP contribution is -2.15. The lowest BCUT2D eigenvalue weighted by atomic mass is 10.2. The van der Waals surface area contributed by atoms with E-state index in [1.807, 2.05) is 30.3 Å². The molecule has 2 aromatic carbocycles. The Hall–Kier alpha value is -3.48. The summed E-state index contributed by atoms with van der Waals surface area (Å²) in [6.07, 6.45) is 0. The zero-order valence-corrected chi connectivity index (χ0v) is 13.9. The predicted molar refractivity (Wildman–Crippen MR) is 96.0 cm³/mol. The first-order chi connectivity index (χ1) is 12.1. The molecule has 0 aliphatic heterocycles. The van der Waals surface area contributed by atoms with Gasteiger partial charge in [0, 0.05) is 18.3 Å². The van der Waals surface area contributed by atoms with Crippen LogP contribution in [0.3, 0.4) is 0 Å². The fourth-order valence-electron chi connectivity index (χ4n) is 2.42. The summed E-state index contributed by atoms with van der Waals surface area (Å²) in [7, 11) is 1.51. The molecule has 1 amide bonds. The van der Waals surface area contributed by atoms with Crippen molar-refractivity contribution in [3.63, 3.8) is 0 Å². The number of anilines is 1. The normalized spacial score (nSPS) is 11.0. The lowest BCUT2D eigenvalue weighted by molar-refractivity contribution is 0.102. The highest BCUT2D eigenvalue weighted by Crippen LogP contribution is 2.15. The van der Waals surface area contributed by atoms with Gasteiger partial charge in [0.1, 0.15) is 0 Å². The van der Waals surface area contributed by atoms with Crippen LogP contribution in [0.15, 0.2) is 69.6 Å². The first kappa shape index (κ1) is 16.4. The third-order valence-corrected chi connectivity index (χ3v) is 3.66. The number of carbonyl (C=O) groups excluding carboxylic acids is 1. The Bertz CT molecular complexity index is 969. The van der Waals surface area contributed by atoms with Crippen LogP contribution in [-0.4, -0.2) is 22.7 Å². The van der Waals surface area contributed by atoms with Gasteiger partial charge in [-0.05, 0) is 43.3 Å². The molecule has 0 atom stereocenters. The molecule has 0 saturated heterocycles. The number of amides is 1. The minimum Gasteiger partial charge on any atom is -0.322 e. The zero-order valence-electron chi connectivity index (χ0n) is 13.9. The van der Waals surface area contributed by atoms with E-state index in [-0.39, 0.29) is 17.2 Å². The van der Waals surface area contributed by atoms with Crippen LogP contribution in [0.25, 0.3) is 5.69 Å². The van der Waals surface area contributed by atoms with Crippen LogP contribution in [0.2, 0.25) is 0 Å². The highest BCUT2D eigenvalue weighted by atomic mass is 16.1. The summed E-state index contributed by atoms with van der Waals surface area (Å²) >= 11 is 0. The van der Waals surface area contributed by atoms with Crippen LogP contribution in [0.5, 0.6) is 0 Å². The molecule has 0 unspecified atom stereocenters. The molecule has 2 N–H and O–H groups in total. The number of benzene rings is 2. The number of carbonyl (C=O) groups is 1. The molecule has 0 fully saturated rings. The second kappa shape index (κ2) is 6.96. The van der Waals surface area contributed by atoms with Crippen LogP contribution in [0.4, 0.5) is 11.4 Å². The van der Waals surface area contributed by atoms with Crippen LogP contribution in [-0.2, 0) is 0 Å². The van der Waals surface area contributed by atoms with Gasteiger partial charge in [-0.15, -0.1) is 5.11 Å². The van der Waals surface area contributed by atoms with Crippen molar-refractivity contribution >= 4 is 17.3 Å². The first-order valence-electron chi connectivity index (χ1n) is 7.68. The van der Waals surface area contributed by atoms with Crippen molar-refractivity contribution in [3.8, 4) is 5.69 Å². The van der Waals surface area contributed by atoms with E-state index in [9.17, 15) is 9.59 Å². The Morgan fingerprint density at radius 2 is 1.76 bits per heavy atom. The number of aromatic nitrogens is 2. The monoisotopic (exact) mass is 335 g/mol. The third-order valence-electron chi connectivity index (χ3n) is 3.66.